The number of nitrogens with one attached hydrogen (secondary N) is 1. The number of nitrogens with zero attached hydrogens (tertiary/aromatic N) is 2. The van der Waals surface area contributed by atoms with Gasteiger partial charge in [0.15, 0.2) is 0 Å². The number of hydrogen-bond donors (Lipinski definition) is 1. The second-order valence-electron chi connectivity index (χ2n) is 6.88. The fraction of sp³-hybridized carbons (Fsp3) is 0.550. The molecule has 1 aromatic heterocycles. The zero-order chi connectivity index (χ0) is 19.8. The Hall–Kier alpha value is -2.41. The maximum Gasteiger partial charge on any atom is 0.328 e. The van der Waals surface area contributed by atoms with Gasteiger partial charge in [-0.3, -0.25) is 9.59 Å². The SMILES string of the molecule is C=CC[C@@H](C(=O)NC(C)C(=O)OC)n1cc(CCN2CCCC2)ccc1=O. The van der Waals surface area contributed by atoms with Gasteiger partial charge in [0.25, 0.3) is 5.56 Å². The summed E-state index contributed by atoms with van der Waals surface area (Å²) in [6.07, 6.45) is 6.92. The summed E-state index contributed by atoms with van der Waals surface area (Å²) in [5.74, 6) is -0.945. The van der Waals surface area contributed by atoms with Crippen molar-refractivity contribution in [3.8, 4) is 0 Å². The highest BCUT2D eigenvalue weighted by Gasteiger charge is 2.24. The molecule has 1 aromatic rings. The van der Waals surface area contributed by atoms with Crippen LogP contribution >= 0.6 is 0 Å². The molecular weight excluding hydrogens is 346 g/mol. The molecule has 2 heterocycles. The Morgan fingerprint density at radius 2 is 2.04 bits per heavy atom. The van der Waals surface area contributed by atoms with E-state index in [1.165, 1.54) is 30.6 Å². The molecule has 1 unspecified atom stereocenters. The van der Waals surface area contributed by atoms with Crippen molar-refractivity contribution >= 4 is 11.9 Å². The molecule has 0 saturated carbocycles. The van der Waals surface area contributed by atoms with E-state index in [9.17, 15) is 14.4 Å². The number of rotatable bonds is 9. The van der Waals surface area contributed by atoms with Gasteiger partial charge in [-0.2, -0.15) is 0 Å². The Labute approximate surface area is 160 Å². The molecule has 1 amide bonds. The lowest BCUT2D eigenvalue weighted by Gasteiger charge is -2.21. The van der Waals surface area contributed by atoms with Crippen molar-refractivity contribution in [3.05, 3.63) is 46.9 Å². The maximum atomic E-state index is 12.7. The van der Waals surface area contributed by atoms with Crippen molar-refractivity contribution in [1.29, 1.82) is 0 Å². The van der Waals surface area contributed by atoms with Crippen molar-refractivity contribution < 1.29 is 14.3 Å². The van der Waals surface area contributed by atoms with Crippen molar-refractivity contribution in [2.75, 3.05) is 26.7 Å². The van der Waals surface area contributed by atoms with Gasteiger partial charge in [-0.1, -0.05) is 12.1 Å². The standard InChI is InChI=1S/C20H29N3O4/c1-4-7-17(19(25)21-15(2)20(26)27-3)23-14-16(8-9-18(23)24)10-13-22-11-5-6-12-22/h4,8-9,14-15,17H,1,5-7,10-13H2,2-3H3,(H,21,25)/t15?,17-/m0/s1. The number of esters is 1. The summed E-state index contributed by atoms with van der Waals surface area (Å²) in [6.45, 7) is 8.41. The molecule has 1 aliphatic heterocycles. The average molecular weight is 375 g/mol. The van der Waals surface area contributed by atoms with Gasteiger partial charge in [0.05, 0.1) is 7.11 Å². The highest BCUT2D eigenvalue weighted by molar-refractivity contribution is 5.86. The monoisotopic (exact) mass is 375 g/mol. The Morgan fingerprint density at radius 1 is 1.33 bits per heavy atom. The fourth-order valence-electron chi connectivity index (χ4n) is 3.28. The summed E-state index contributed by atoms with van der Waals surface area (Å²) >= 11 is 0. The van der Waals surface area contributed by atoms with Crippen LogP contribution in [0.3, 0.4) is 0 Å². The number of ether oxygens (including phenoxy) is 1. The normalized spacial score (nSPS) is 16.5. The van der Waals surface area contributed by atoms with E-state index in [2.05, 4.69) is 21.5 Å². The van der Waals surface area contributed by atoms with Crippen molar-refractivity contribution in [1.82, 2.24) is 14.8 Å². The second kappa shape index (κ2) is 10.1. The highest BCUT2D eigenvalue weighted by atomic mass is 16.5. The molecule has 1 fully saturated rings. The van der Waals surface area contributed by atoms with Crippen LogP contribution in [-0.4, -0.2) is 54.1 Å². The molecule has 2 rings (SSSR count). The lowest BCUT2D eigenvalue weighted by atomic mass is 10.1. The summed E-state index contributed by atoms with van der Waals surface area (Å²) in [7, 11) is 1.26. The predicted octanol–water partition coefficient (Wildman–Crippen LogP) is 1.28. The van der Waals surface area contributed by atoms with E-state index < -0.39 is 24.0 Å². The predicted molar refractivity (Wildman–Crippen MR) is 104 cm³/mol. The van der Waals surface area contributed by atoms with E-state index in [0.29, 0.717) is 0 Å². The first-order chi connectivity index (χ1) is 13.0. The van der Waals surface area contributed by atoms with Crippen molar-refractivity contribution in [3.63, 3.8) is 0 Å². The number of aromatic nitrogens is 1. The van der Waals surface area contributed by atoms with Crippen LogP contribution in [0.5, 0.6) is 0 Å². The third-order valence-electron chi connectivity index (χ3n) is 4.86. The molecule has 2 atom stereocenters. The first-order valence-electron chi connectivity index (χ1n) is 9.38. The molecule has 7 nitrogen and oxygen atoms in total. The van der Waals surface area contributed by atoms with E-state index in [4.69, 9.17) is 0 Å². The number of methoxy groups -OCH3 is 1. The van der Waals surface area contributed by atoms with Gasteiger partial charge in [0, 0.05) is 18.8 Å². The van der Waals surface area contributed by atoms with Gasteiger partial charge in [0.2, 0.25) is 5.91 Å². The van der Waals surface area contributed by atoms with Crippen LogP contribution in [0.1, 0.15) is 37.8 Å². The van der Waals surface area contributed by atoms with E-state index in [1.54, 1.807) is 19.2 Å². The van der Waals surface area contributed by atoms with Gasteiger partial charge in [-0.25, -0.2) is 4.79 Å². The second-order valence-corrected chi connectivity index (χ2v) is 6.88. The van der Waals surface area contributed by atoms with Crippen LogP contribution in [-0.2, 0) is 20.7 Å². The van der Waals surface area contributed by atoms with E-state index in [-0.39, 0.29) is 12.0 Å². The van der Waals surface area contributed by atoms with Gasteiger partial charge >= 0.3 is 5.97 Å². The van der Waals surface area contributed by atoms with Gasteiger partial charge < -0.3 is 19.5 Å². The minimum atomic E-state index is -0.788. The van der Waals surface area contributed by atoms with Gasteiger partial charge in [-0.15, -0.1) is 6.58 Å². The topological polar surface area (TPSA) is 80.6 Å². The first kappa shape index (κ1) is 20.9. The summed E-state index contributed by atoms with van der Waals surface area (Å²) in [6, 6.07) is 1.76. The summed E-state index contributed by atoms with van der Waals surface area (Å²) < 4.78 is 6.07. The summed E-state index contributed by atoms with van der Waals surface area (Å²) in [5.41, 5.74) is 0.747. The van der Waals surface area contributed by atoms with Crippen molar-refractivity contribution in [2.24, 2.45) is 0 Å². The van der Waals surface area contributed by atoms with Crippen molar-refractivity contribution in [2.45, 2.75) is 44.7 Å². The zero-order valence-electron chi connectivity index (χ0n) is 16.1. The Bertz CT molecular complexity index is 722. The Balaban J connectivity index is 2.15. The fourth-order valence-corrected chi connectivity index (χ4v) is 3.28. The molecule has 0 bridgehead atoms. The lowest BCUT2D eigenvalue weighted by molar-refractivity contribution is -0.144. The third kappa shape index (κ3) is 5.79. The molecule has 0 aliphatic carbocycles. The first-order valence-corrected chi connectivity index (χ1v) is 9.38. The smallest absolute Gasteiger partial charge is 0.328 e. The number of likely N-dealkylation sites (tertiary alicyclic amines) is 1. The lowest BCUT2D eigenvalue weighted by Crippen LogP contribution is -2.44. The van der Waals surface area contributed by atoms with Crippen LogP contribution < -0.4 is 10.9 Å². The molecule has 27 heavy (non-hydrogen) atoms. The molecule has 0 spiro atoms. The number of allylic oxidation sites excluding steroid dienone is 1. The number of pyridine rings is 1. The number of hydrogen-bond acceptors (Lipinski definition) is 5. The molecule has 0 radical (unpaired) electrons. The third-order valence-corrected chi connectivity index (χ3v) is 4.86. The molecular formula is C20H29N3O4. The maximum absolute atomic E-state index is 12.7. The minimum absolute atomic E-state index is 0.257. The summed E-state index contributed by atoms with van der Waals surface area (Å²) in [5, 5.41) is 2.61. The molecule has 0 aromatic carbocycles. The molecule has 7 heteroatoms. The van der Waals surface area contributed by atoms with E-state index in [0.717, 1.165) is 31.6 Å². The Morgan fingerprint density at radius 3 is 2.67 bits per heavy atom. The Kier molecular flexibility index (Phi) is 7.79. The molecule has 1 aliphatic rings. The summed E-state index contributed by atoms with van der Waals surface area (Å²) in [4.78, 5) is 39.0. The minimum Gasteiger partial charge on any atom is -0.467 e. The van der Waals surface area contributed by atoms with Crippen LogP contribution in [0, 0.1) is 0 Å². The molecule has 1 saturated heterocycles. The zero-order valence-corrected chi connectivity index (χ0v) is 16.1. The quantitative estimate of drug-likeness (QED) is 0.519. The van der Waals surface area contributed by atoms with Gasteiger partial charge in [0.1, 0.15) is 12.1 Å². The largest absolute Gasteiger partial charge is 0.467 e. The van der Waals surface area contributed by atoms with Crippen LogP contribution in [0.4, 0.5) is 0 Å². The van der Waals surface area contributed by atoms with Crippen LogP contribution in [0.25, 0.3) is 0 Å². The average Bonchev–Trinajstić information content (AvgIpc) is 3.18. The number of carbonyl (C=O) groups is 2. The van der Waals surface area contributed by atoms with Gasteiger partial charge in [-0.05, 0) is 51.3 Å². The highest BCUT2D eigenvalue weighted by Crippen LogP contribution is 2.13. The van der Waals surface area contributed by atoms with Crippen LogP contribution in [0.15, 0.2) is 35.8 Å². The van der Waals surface area contributed by atoms with E-state index >= 15 is 0 Å². The number of carbonyl (C=O) groups excluding carboxylic acids is 2. The van der Waals surface area contributed by atoms with E-state index in [1.807, 2.05) is 6.07 Å². The van der Waals surface area contributed by atoms with Crippen LogP contribution in [0.2, 0.25) is 0 Å². The number of amides is 1. The molecule has 148 valence electrons. The molecule has 1 N–H and O–H groups in total.